The van der Waals surface area contributed by atoms with Gasteiger partial charge in [-0.2, -0.15) is 0 Å². The van der Waals surface area contributed by atoms with Crippen molar-refractivity contribution in [3.05, 3.63) is 29.8 Å². The zero-order valence-corrected chi connectivity index (χ0v) is 10.8. The van der Waals surface area contributed by atoms with Gasteiger partial charge >= 0.3 is 5.97 Å². The summed E-state index contributed by atoms with van der Waals surface area (Å²) >= 11 is 0. The van der Waals surface area contributed by atoms with Crippen LogP contribution in [0.2, 0.25) is 0 Å². The molecule has 0 aliphatic carbocycles. The van der Waals surface area contributed by atoms with Gasteiger partial charge in [0.05, 0.1) is 12.1 Å². The smallest absolute Gasteiger partial charge is 0.335 e. The van der Waals surface area contributed by atoms with E-state index in [1.54, 1.807) is 0 Å². The maximum Gasteiger partial charge on any atom is 0.335 e. The van der Waals surface area contributed by atoms with Gasteiger partial charge in [0.2, 0.25) is 11.8 Å². The number of nitrogens with two attached hydrogens (primary N) is 1. The van der Waals surface area contributed by atoms with E-state index < -0.39 is 11.9 Å². The Hall–Kier alpha value is -2.57. The van der Waals surface area contributed by atoms with Gasteiger partial charge in [0.15, 0.2) is 0 Å². The third kappa shape index (κ3) is 4.97. The highest BCUT2D eigenvalue weighted by atomic mass is 16.4. The first-order valence-electron chi connectivity index (χ1n) is 5.98. The number of aromatic carboxylic acids is 1. The van der Waals surface area contributed by atoms with E-state index in [0.29, 0.717) is 13.0 Å². The second-order valence-corrected chi connectivity index (χ2v) is 4.24. The number of nitrogens with zero attached hydrogens (tertiary/aromatic N) is 1. The molecule has 0 atom stereocenters. The number of amides is 2. The van der Waals surface area contributed by atoms with Crippen LogP contribution in [0.1, 0.15) is 23.2 Å². The second kappa shape index (κ2) is 7.13. The van der Waals surface area contributed by atoms with Crippen LogP contribution in [-0.4, -0.2) is 46.0 Å². The summed E-state index contributed by atoms with van der Waals surface area (Å²) in [5.74, 6) is -1.31. The molecule has 1 heterocycles. The van der Waals surface area contributed by atoms with Crippen molar-refractivity contribution >= 4 is 17.8 Å². The number of benzene rings is 1. The Bertz CT molecular complexity index is 498. The molecular formula is C13H16N2O5. The highest BCUT2D eigenvalue weighted by Gasteiger charge is 2.20. The number of carboxylic acid groups (broad SMARTS) is 1. The van der Waals surface area contributed by atoms with Crippen LogP contribution in [0.4, 0.5) is 0 Å². The van der Waals surface area contributed by atoms with E-state index in [-0.39, 0.29) is 23.8 Å². The van der Waals surface area contributed by atoms with E-state index in [4.69, 9.17) is 15.9 Å². The lowest BCUT2D eigenvalue weighted by Gasteiger charge is -2.11. The van der Waals surface area contributed by atoms with Crippen LogP contribution < -0.4 is 5.73 Å². The van der Waals surface area contributed by atoms with Crippen molar-refractivity contribution in [2.45, 2.75) is 12.8 Å². The number of carboxylic acids is 1. The van der Waals surface area contributed by atoms with Crippen molar-refractivity contribution in [3.63, 3.8) is 0 Å². The Labute approximate surface area is 115 Å². The molecule has 7 heteroatoms. The zero-order valence-electron chi connectivity index (χ0n) is 10.8. The van der Waals surface area contributed by atoms with Gasteiger partial charge in [-0.05, 0) is 30.7 Å². The van der Waals surface area contributed by atoms with E-state index in [2.05, 4.69) is 0 Å². The monoisotopic (exact) mass is 280 g/mol. The Morgan fingerprint density at radius 1 is 1.25 bits per heavy atom. The molecule has 0 aromatic heterocycles. The Morgan fingerprint density at radius 3 is 2.25 bits per heavy atom. The van der Waals surface area contributed by atoms with E-state index in [1.165, 1.54) is 29.2 Å². The number of phenolic OH excluding ortho intramolecular Hbond substituents is 1. The topological polar surface area (TPSA) is 121 Å². The summed E-state index contributed by atoms with van der Waals surface area (Å²) in [6.07, 6.45) is 1.42. The summed E-state index contributed by atoms with van der Waals surface area (Å²) in [6, 6.07) is 5.36. The standard InChI is InChI=1S/C7H6O3.C6H10N2O2/c8-6-3-1-5(2-4-6)7(9)10;7-5(9)4-8-3-1-2-6(8)10/h1-4,8H,(H,9,10);1-4H2,(H2,7,9). The quantitative estimate of drug-likeness (QED) is 0.729. The van der Waals surface area contributed by atoms with Crippen LogP contribution in [0.25, 0.3) is 0 Å². The fourth-order valence-corrected chi connectivity index (χ4v) is 1.66. The van der Waals surface area contributed by atoms with Gasteiger partial charge in [-0.3, -0.25) is 9.59 Å². The van der Waals surface area contributed by atoms with Crippen LogP contribution in [0, 0.1) is 0 Å². The Balaban J connectivity index is 0.000000200. The van der Waals surface area contributed by atoms with E-state index >= 15 is 0 Å². The highest BCUT2D eigenvalue weighted by Crippen LogP contribution is 2.09. The summed E-state index contributed by atoms with van der Waals surface area (Å²) in [5, 5.41) is 17.1. The Kier molecular flexibility index (Phi) is 5.52. The molecule has 20 heavy (non-hydrogen) atoms. The van der Waals surface area contributed by atoms with Crippen molar-refractivity contribution < 1.29 is 24.6 Å². The normalized spacial score (nSPS) is 13.6. The van der Waals surface area contributed by atoms with Gasteiger partial charge in [-0.25, -0.2) is 4.79 Å². The van der Waals surface area contributed by atoms with Crippen LogP contribution in [0.15, 0.2) is 24.3 Å². The lowest BCUT2D eigenvalue weighted by molar-refractivity contribution is -0.132. The number of phenols is 1. The minimum Gasteiger partial charge on any atom is -0.508 e. The van der Waals surface area contributed by atoms with Gasteiger partial charge in [0.1, 0.15) is 5.75 Å². The molecule has 1 fully saturated rings. The third-order valence-corrected chi connectivity index (χ3v) is 2.63. The highest BCUT2D eigenvalue weighted by molar-refractivity contribution is 5.87. The molecule has 7 nitrogen and oxygen atoms in total. The summed E-state index contributed by atoms with van der Waals surface area (Å²) in [6.45, 7) is 0.764. The molecule has 0 bridgehead atoms. The fourth-order valence-electron chi connectivity index (χ4n) is 1.66. The summed E-state index contributed by atoms with van der Waals surface area (Å²) in [4.78, 5) is 32.9. The zero-order chi connectivity index (χ0) is 15.1. The molecule has 108 valence electrons. The minimum atomic E-state index is -0.986. The van der Waals surface area contributed by atoms with Gasteiger partial charge < -0.3 is 20.8 Å². The molecule has 1 aromatic rings. The summed E-state index contributed by atoms with van der Waals surface area (Å²) < 4.78 is 0. The van der Waals surface area contributed by atoms with Crippen molar-refractivity contribution in [3.8, 4) is 5.75 Å². The number of rotatable bonds is 3. The first-order valence-corrected chi connectivity index (χ1v) is 5.98. The molecule has 1 aromatic carbocycles. The van der Waals surface area contributed by atoms with Crippen molar-refractivity contribution in [2.75, 3.05) is 13.1 Å². The van der Waals surface area contributed by atoms with Crippen LogP contribution >= 0.6 is 0 Å². The molecular weight excluding hydrogens is 264 g/mol. The number of likely N-dealkylation sites (tertiary alicyclic amines) is 1. The van der Waals surface area contributed by atoms with Gasteiger partial charge in [0.25, 0.3) is 0 Å². The van der Waals surface area contributed by atoms with Crippen LogP contribution in [-0.2, 0) is 9.59 Å². The molecule has 0 saturated carbocycles. The van der Waals surface area contributed by atoms with Crippen molar-refractivity contribution in [2.24, 2.45) is 5.73 Å². The number of primary amides is 1. The second-order valence-electron chi connectivity index (χ2n) is 4.24. The first-order chi connectivity index (χ1) is 9.40. The average molecular weight is 280 g/mol. The SMILES string of the molecule is NC(=O)CN1CCCC1=O.O=C(O)c1ccc(O)cc1. The molecule has 1 aliphatic heterocycles. The lowest BCUT2D eigenvalue weighted by atomic mass is 10.2. The number of carbonyl (C=O) groups excluding carboxylic acids is 2. The molecule has 4 N–H and O–H groups in total. The van der Waals surface area contributed by atoms with E-state index in [1.807, 2.05) is 0 Å². The summed E-state index contributed by atoms with van der Waals surface area (Å²) in [7, 11) is 0. The maximum absolute atomic E-state index is 10.8. The molecule has 0 spiro atoms. The molecule has 2 rings (SSSR count). The predicted octanol–water partition coefficient (Wildman–Crippen LogP) is 0.185. The number of aromatic hydroxyl groups is 1. The number of hydrogen-bond acceptors (Lipinski definition) is 4. The van der Waals surface area contributed by atoms with E-state index in [0.717, 1.165) is 6.42 Å². The molecule has 0 radical (unpaired) electrons. The third-order valence-electron chi connectivity index (χ3n) is 2.63. The largest absolute Gasteiger partial charge is 0.508 e. The van der Waals surface area contributed by atoms with Crippen LogP contribution in [0.3, 0.4) is 0 Å². The number of hydrogen-bond donors (Lipinski definition) is 3. The van der Waals surface area contributed by atoms with Crippen LogP contribution in [0.5, 0.6) is 5.75 Å². The Morgan fingerprint density at radius 2 is 1.85 bits per heavy atom. The predicted molar refractivity (Wildman–Crippen MR) is 70.1 cm³/mol. The van der Waals surface area contributed by atoms with E-state index in [9.17, 15) is 14.4 Å². The average Bonchev–Trinajstić information content (AvgIpc) is 2.75. The summed E-state index contributed by atoms with van der Waals surface area (Å²) in [5.41, 5.74) is 5.08. The van der Waals surface area contributed by atoms with Crippen molar-refractivity contribution in [1.29, 1.82) is 0 Å². The first kappa shape index (κ1) is 15.5. The van der Waals surface area contributed by atoms with Gasteiger partial charge in [-0.15, -0.1) is 0 Å². The van der Waals surface area contributed by atoms with Gasteiger partial charge in [0, 0.05) is 13.0 Å². The lowest BCUT2D eigenvalue weighted by Crippen LogP contribution is -2.34. The molecule has 2 amide bonds. The van der Waals surface area contributed by atoms with Gasteiger partial charge in [-0.1, -0.05) is 0 Å². The molecule has 0 unspecified atom stereocenters. The minimum absolute atomic E-state index is 0.0406. The molecule has 1 aliphatic rings. The fraction of sp³-hybridized carbons (Fsp3) is 0.308. The van der Waals surface area contributed by atoms with Crippen molar-refractivity contribution in [1.82, 2.24) is 4.90 Å². The maximum atomic E-state index is 10.8. The molecule has 1 saturated heterocycles. The number of carbonyl (C=O) groups is 3.